The summed E-state index contributed by atoms with van der Waals surface area (Å²) in [6, 6.07) is 3.44. The Hall–Kier alpha value is -1.79. The van der Waals surface area contributed by atoms with Crippen molar-refractivity contribution in [3.63, 3.8) is 0 Å². The third-order valence-electron chi connectivity index (χ3n) is 1.78. The van der Waals surface area contributed by atoms with Crippen molar-refractivity contribution >= 4 is 17.2 Å². The average molecular weight is 221 g/mol. The van der Waals surface area contributed by atoms with Crippen molar-refractivity contribution in [2.45, 2.75) is 0 Å². The molecule has 0 saturated heterocycles. The molecule has 15 heavy (non-hydrogen) atoms. The molecule has 0 unspecified atom stereocenters. The first-order valence-electron chi connectivity index (χ1n) is 4.12. The number of carbonyl (C=O) groups excluding carboxylic acids is 1. The Morgan fingerprint density at radius 2 is 2.13 bits per heavy atom. The molecule has 1 amide bonds. The number of aromatic nitrogens is 2. The van der Waals surface area contributed by atoms with Gasteiger partial charge in [0, 0.05) is 18.0 Å². The minimum absolute atomic E-state index is 0.392. The summed E-state index contributed by atoms with van der Waals surface area (Å²) < 4.78 is 0. The highest BCUT2D eigenvalue weighted by molar-refractivity contribution is 7.12. The van der Waals surface area contributed by atoms with Gasteiger partial charge >= 0.3 is 0 Å². The quantitative estimate of drug-likeness (QED) is 0.592. The summed E-state index contributed by atoms with van der Waals surface area (Å²) in [6.07, 6.45) is 3.20. The molecule has 2 aromatic heterocycles. The molecule has 0 aliphatic heterocycles. The zero-order chi connectivity index (χ0) is 10.7. The molecule has 0 spiro atoms. The van der Waals surface area contributed by atoms with Crippen LogP contribution in [0.25, 0.3) is 11.4 Å². The molecule has 2 heterocycles. The number of hydroxylamine groups is 1. The summed E-state index contributed by atoms with van der Waals surface area (Å²) in [4.78, 5) is 19.7. The van der Waals surface area contributed by atoms with Crippen LogP contribution >= 0.6 is 11.3 Å². The van der Waals surface area contributed by atoms with Crippen LogP contribution in [0, 0.1) is 0 Å². The maximum atomic E-state index is 11.3. The summed E-state index contributed by atoms with van der Waals surface area (Å²) in [6.45, 7) is 0. The van der Waals surface area contributed by atoms with Crippen molar-refractivity contribution in [3.05, 3.63) is 34.8 Å². The summed E-state index contributed by atoms with van der Waals surface area (Å²) in [5.41, 5.74) is 2.21. The van der Waals surface area contributed by atoms with Crippen molar-refractivity contribution in [1.29, 1.82) is 0 Å². The minimum Gasteiger partial charge on any atom is -0.288 e. The van der Waals surface area contributed by atoms with E-state index >= 15 is 0 Å². The molecular weight excluding hydrogens is 214 g/mol. The molecule has 0 aliphatic rings. The largest absolute Gasteiger partial charge is 0.288 e. The number of nitrogens with one attached hydrogen (secondary N) is 1. The lowest BCUT2D eigenvalue weighted by atomic mass is 10.2. The lowest BCUT2D eigenvalue weighted by Gasteiger charge is -1.99. The van der Waals surface area contributed by atoms with Crippen LogP contribution in [-0.2, 0) is 0 Å². The van der Waals surface area contributed by atoms with Gasteiger partial charge in [-0.1, -0.05) is 0 Å². The predicted molar refractivity (Wildman–Crippen MR) is 54.6 cm³/mol. The van der Waals surface area contributed by atoms with Crippen molar-refractivity contribution in [2.24, 2.45) is 0 Å². The van der Waals surface area contributed by atoms with Crippen LogP contribution in [0.15, 0.2) is 29.9 Å². The van der Waals surface area contributed by atoms with E-state index in [1.807, 2.05) is 0 Å². The molecule has 0 fully saturated rings. The van der Waals surface area contributed by atoms with Crippen LogP contribution in [0.1, 0.15) is 9.67 Å². The number of amides is 1. The average Bonchev–Trinajstić information content (AvgIpc) is 2.78. The highest BCUT2D eigenvalue weighted by atomic mass is 32.1. The number of hydrogen-bond acceptors (Lipinski definition) is 5. The molecule has 2 aromatic rings. The molecule has 0 saturated carbocycles. The highest BCUT2D eigenvalue weighted by Crippen LogP contribution is 2.24. The van der Waals surface area contributed by atoms with Gasteiger partial charge in [-0.2, -0.15) is 0 Å². The molecule has 5 nitrogen and oxygen atoms in total. The van der Waals surface area contributed by atoms with Crippen LogP contribution in [-0.4, -0.2) is 21.1 Å². The van der Waals surface area contributed by atoms with Crippen molar-refractivity contribution < 1.29 is 10.0 Å². The zero-order valence-corrected chi connectivity index (χ0v) is 8.36. The van der Waals surface area contributed by atoms with Crippen LogP contribution in [0.3, 0.4) is 0 Å². The highest BCUT2D eigenvalue weighted by Gasteiger charge is 2.15. The van der Waals surface area contributed by atoms with E-state index in [0.717, 1.165) is 0 Å². The lowest BCUT2D eigenvalue weighted by Crippen LogP contribution is -2.18. The first kappa shape index (κ1) is 9.75. The van der Waals surface area contributed by atoms with E-state index in [0.29, 0.717) is 16.3 Å². The van der Waals surface area contributed by atoms with Crippen LogP contribution in [0.4, 0.5) is 0 Å². The molecule has 0 aromatic carbocycles. The maximum absolute atomic E-state index is 11.3. The summed E-state index contributed by atoms with van der Waals surface area (Å²) >= 11 is 1.23. The van der Waals surface area contributed by atoms with Gasteiger partial charge in [0.25, 0.3) is 5.91 Å². The molecule has 6 heteroatoms. The molecule has 76 valence electrons. The van der Waals surface area contributed by atoms with Crippen molar-refractivity contribution in [3.8, 4) is 11.4 Å². The van der Waals surface area contributed by atoms with Gasteiger partial charge in [0.1, 0.15) is 4.88 Å². The molecular formula is C9H7N3O2S. The zero-order valence-electron chi connectivity index (χ0n) is 7.54. The summed E-state index contributed by atoms with van der Waals surface area (Å²) in [5, 5.41) is 10.3. The van der Waals surface area contributed by atoms with Gasteiger partial charge in [0.15, 0.2) is 5.82 Å². The van der Waals surface area contributed by atoms with E-state index in [1.165, 1.54) is 11.3 Å². The third kappa shape index (κ3) is 1.85. The maximum Gasteiger partial charge on any atom is 0.285 e. The normalized spacial score (nSPS) is 9.93. The fraction of sp³-hybridized carbons (Fsp3) is 0. The lowest BCUT2D eigenvalue weighted by molar-refractivity contribution is 0.0711. The van der Waals surface area contributed by atoms with E-state index in [-0.39, 0.29) is 0 Å². The molecule has 0 bridgehead atoms. The third-order valence-corrected chi connectivity index (χ3v) is 2.69. The van der Waals surface area contributed by atoms with E-state index in [4.69, 9.17) is 5.21 Å². The standard InChI is InChI=1S/C9H7N3O2S/c13-9(12-14)7-6(2-5-15-7)8-10-3-1-4-11-8/h1-5,14H,(H,12,13). The first-order valence-corrected chi connectivity index (χ1v) is 5.00. The number of hydrogen-bond donors (Lipinski definition) is 2. The van der Waals surface area contributed by atoms with Gasteiger partial charge < -0.3 is 0 Å². The SMILES string of the molecule is O=C(NO)c1sccc1-c1ncccn1. The smallest absolute Gasteiger partial charge is 0.285 e. The first-order chi connectivity index (χ1) is 7.33. The number of rotatable bonds is 2. The second kappa shape index (κ2) is 4.16. The Bertz CT molecular complexity index is 469. The Labute approximate surface area is 89.4 Å². The second-order valence-electron chi connectivity index (χ2n) is 2.68. The Kier molecular flexibility index (Phi) is 2.70. The van der Waals surface area contributed by atoms with Crippen LogP contribution < -0.4 is 5.48 Å². The van der Waals surface area contributed by atoms with E-state index in [9.17, 15) is 4.79 Å². The molecule has 2 rings (SSSR count). The fourth-order valence-corrected chi connectivity index (χ4v) is 1.93. The number of nitrogens with zero attached hydrogens (tertiary/aromatic N) is 2. The Morgan fingerprint density at radius 1 is 1.40 bits per heavy atom. The summed E-state index contributed by atoms with van der Waals surface area (Å²) in [5.74, 6) is -0.0789. The van der Waals surface area contributed by atoms with Gasteiger partial charge in [0.05, 0.1) is 0 Å². The predicted octanol–water partition coefficient (Wildman–Crippen LogP) is 1.32. The second-order valence-corrected chi connectivity index (χ2v) is 3.59. The van der Waals surface area contributed by atoms with Crippen molar-refractivity contribution in [2.75, 3.05) is 0 Å². The van der Waals surface area contributed by atoms with E-state index in [2.05, 4.69) is 9.97 Å². The van der Waals surface area contributed by atoms with Crippen LogP contribution in [0.5, 0.6) is 0 Å². The molecule has 0 atom stereocenters. The van der Waals surface area contributed by atoms with Gasteiger partial charge in [-0.25, -0.2) is 15.4 Å². The summed E-state index contributed by atoms with van der Waals surface area (Å²) in [7, 11) is 0. The Morgan fingerprint density at radius 3 is 2.80 bits per heavy atom. The van der Waals surface area contributed by atoms with Gasteiger partial charge in [-0.05, 0) is 17.5 Å². The fourth-order valence-electron chi connectivity index (χ4n) is 1.15. The van der Waals surface area contributed by atoms with Crippen LogP contribution in [0.2, 0.25) is 0 Å². The van der Waals surface area contributed by atoms with Crippen molar-refractivity contribution in [1.82, 2.24) is 15.4 Å². The Balaban J connectivity index is 2.46. The monoisotopic (exact) mass is 221 g/mol. The number of thiophene rings is 1. The van der Waals surface area contributed by atoms with Gasteiger partial charge in [0.2, 0.25) is 0 Å². The molecule has 0 radical (unpaired) electrons. The number of carbonyl (C=O) groups is 1. The molecule has 0 aliphatic carbocycles. The van der Waals surface area contributed by atoms with E-state index in [1.54, 1.807) is 35.4 Å². The van der Waals surface area contributed by atoms with Gasteiger partial charge in [-0.15, -0.1) is 11.3 Å². The van der Waals surface area contributed by atoms with Gasteiger partial charge in [-0.3, -0.25) is 10.0 Å². The topological polar surface area (TPSA) is 75.1 Å². The molecule has 2 N–H and O–H groups in total. The van der Waals surface area contributed by atoms with E-state index < -0.39 is 5.91 Å². The minimum atomic E-state index is -0.549.